The lowest BCUT2D eigenvalue weighted by Gasteiger charge is -2.05. The second kappa shape index (κ2) is 4.54. The molecule has 0 aliphatic carbocycles. The van der Waals surface area contributed by atoms with Crippen LogP contribution in [-0.2, 0) is 5.88 Å². The zero-order chi connectivity index (χ0) is 10.7. The van der Waals surface area contributed by atoms with Gasteiger partial charge >= 0.3 is 0 Å². The first-order valence-corrected chi connectivity index (χ1v) is 4.45. The van der Waals surface area contributed by atoms with Crippen molar-refractivity contribution in [3.63, 3.8) is 0 Å². The Balaban J connectivity index is 3.32. The van der Waals surface area contributed by atoms with Gasteiger partial charge in [0.2, 0.25) is 0 Å². The molecule has 6 heteroatoms. The van der Waals surface area contributed by atoms with Gasteiger partial charge in [-0.1, -0.05) is 11.6 Å². The third-order valence-corrected chi connectivity index (χ3v) is 2.16. The van der Waals surface area contributed by atoms with Gasteiger partial charge in [-0.3, -0.25) is 0 Å². The summed E-state index contributed by atoms with van der Waals surface area (Å²) in [6.45, 7) is 0. The largest absolute Gasteiger partial charge is 0.266 e. The minimum Gasteiger partial charge on any atom is -0.225 e. The Labute approximate surface area is 89.1 Å². The summed E-state index contributed by atoms with van der Waals surface area (Å²) in [6.07, 6.45) is -2.72. The molecule has 0 unspecified atom stereocenters. The van der Waals surface area contributed by atoms with Crippen molar-refractivity contribution in [3.8, 4) is 6.07 Å². The second-order valence-electron chi connectivity index (χ2n) is 2.42. The van der Waals surface area contributed by atoms with E-state index >= 15 is 0 Å². The number of nitrogens with zero attached hydrogens (tertiary/aromatic N) is 2. The minimum atomic E-state index is -2.72. The number of rotatable bonds is 2. The first kappa shape index (κ1) is 11.2. The Hall–Kier alpha value is -0.920. The van der Waals surface area contributed by atoms with Crippen molar-refractivity contribution in [1.29, 1.82) is 5.26 Å². The molecule has 0 saturated carbocycles. The van der Waals surface area contributed by atoms with Crippen molar-refractivity contribution in [2.24, 2.45) is 0 Å². The molecule has 1 aromatic heterocycles. The van der Waals surface area contributed by atoms with Crippen LogP contribution in [0, 0.1) is 11.3 Å². The zero-order valence-corrected chi connectivity index (χ0v) is 8.28. The van der Waals surface area contributed by atoms with E-state index in [1.807, 2.05) is 0 Å². The van der Waals surface area contributed by atoms with Crippen LogP contribution in [0.1, 0.15) is 23.2 Å². The minimum absolute atomic E-state index is 0.0191. The van der Waals surface area contributed by atoms with Crippen LogP contribution >= 0.6 is 23.2 Å². The molecule has 0 radical (unpaired) electrons. The highest BCUT2D eigenvalue weighted by Crippen LogP contribution is 2.27. The average Bonchev–Trinajstić information content (AvgIpc) is 2.16. The maximum atomic E-state index is 12.3. The number of pyridine rings is 1. The molecular formula is C8H4Cl2F2N2. The molecule has 0 atom stereocenters. The van der Waals surface area contributed by atoms with Gasteiger partial charge in [0.25, 0.3) is 6.43 Å². The molecule has 0 aliphatic rings. The summed E-state index contributed by atoms with van der Waals surface area (Å²) in [4.78, 5) is 3.52. The van der Waals surface area contributed by atoms with E-state index in [2.05, 4.69) is 4.98 Å². The van der Waals surface area contributed by atoms with Crippen molar-refractivity contribution in [3.05, 3.63) is 28.0 Å². The summed E-state index contributed by atoms with van der Waals surface area (Å²) in [5.41, 5.74) is -0.162. The number of nitriles is 1. The summed E-state index contributed by atoms with van der Waals surface area (Å²) in [5, 5.41) is 8.23. The predicted octanol–water partition coefficient (Wildman–Crippen LogP) is 3.28. The van der Waals surface area contributed by atoms with E-state index in [9.17, 15) is 8.78 Å². The smallest absolute Gasteiger partial charge is 0.225 e. The number of hydrogen-bond acceptors (Lipinski definition) is 2. The Morgan fingerprint density at radius 1 is 1.57 bits per heavy atom. The van der Waals surface area contributed by atoms with Crippen molar-refractivity contribution in [2.75, 3.05) is 0 Å². The molecule has 0 fully saturated rings. The SMILES string of the molecule is N#Cc1nc(Cl)c(C(F)F)cc1CCl. The molecule has 0 amide bonds. The number of alkyl halides is 3. The van der Waals surface area contributed by atoms with Gasteiger partial charge in [-0.2, -0.15) is 5.26 Å². The van der Waals surface area contributed by atoms with E-state index in [0.717, 1.165) is 6.07 Å². The van der Waals surface area contributed by atoms with Gasteiger partial charge < -0.3 is 0 Å². The van der Waals surface area contributed by atoms with Gasteiger partial charge in [-0.15, -0.1) is 11.6 Å². The van der Waals surface area contributed by atoms with Crippen LogP contribution in [-0.4, -0.2) is 4.98 Å². The van der Waals surface area contributed by atoms with Crippen molar-refractivity contribution >= 4 is 23.2 Å². The monoisotopic (exact) mass is 236 g/mol. The number of aromatic nitrogens is 1. The van der Waals surface area contributed by atoms with E-state index in [0.29, 0.717) is 0 Å². The quantitative estimate of drug-likeness (QED) is 0.584. The summed E-state index contributed by atoms with van der Waals surface area (Å²) >= 11 is 10.9. The lowest BCUT2D eigenvalue weighted by Crippen LogP contribution is -1.97. The lowest BCUT2D eigenvalue weighted by atomic mass is 10.1. The average molecular weight is 237 g/mol. The predicted molar refractivity (Wildman–Crippen MR) is 48.5 cm³/mol. The topological polar surface area (TPSA) is 36.7 Å². The molecule has 1 aromatic rings. The van der Waals surface area contributed by atoms with E-state index in [-0.39, 0.29) is 22.3 Å². The van der Waals surface area contributed by atoms with Gasteiger partial charge in [-0.05, 0) is 6.07 Å². The standard InChI is InChI=1S/C8H4Cl2F2N2/c9-2-4-1-5(8(11)12)7(10)14-6(4)3-13/h1,8H,2H2. The van der Waals surface area contributed by atoms with Gasteiger partial charge in [0, 0.05) is 5.56 Å². The molecule has 0 aromatic carbocycles. The maximum absolute atomic E-state index is 12.3. The first-order chi connectivity index (χ1) is 6.60. The number of hydrogen-bond donors (Lipinski definition) is 0. The fraction of sp³-hybridized carbons (Fsp3) is 0.250. The van der Waals surface area contributed by atoms with Crippen LogP contribution in [0.4, 0.5) is 8.78 Å². The van der Waals surface area contributed by atoms with Crippen LogP contribution in [0.15, 0.2) is 6.07 Å². The zero-order valence-electron chi connectivity index (χ0n) is 6.77. The maximum Gasteiger partial charge on any atom is 0.266 e. The molecule has 0 saturated heterocycles. The molecule has 0 aliphatic heterocycles. The van der Waals surface area contributed by atoms with Crippen LogP contribution < -0.4 is 0 Å². The summed E-state index contributed by atoms with van der Waals surface area (Å²) in [5.74, 6) is -0.0488. The van der Waals surface area contributed by atoms with E-state index in [4.69, 9.17) is 28.5 Å². The summed E-state index contributed by atoms with van der Waals surface area (Å²) < 4.78 is 24.7. The molecule has 0 N–H and O–H groups in total. The van der Waals surface area contributed by atoms with Gasteiger partial charge in [0.05, 0.1) is 11.4 Å². The molecule has 74 valence electrons. The molecule has 1 heterocycles. The van der Waals surface area contributed by atoms with Gasteiger partial charge in [0.1, 0.15) is 16.9 Å². The molecule has 0 spiro atoms. The first-order valence-electron chi connectivity index (χ1n) is 3.53. The van der Waals surface area contributed by atoms with Gasteiger partial charge in [-0.25, -0.2) is 13.8 Å². The lowest BCUT2D eigenvalue weighted by molar-refractivity contribution is 0.151. The Morgan fingerprint density at radius 3 is 2.64 bits per heavy atom. The van der Waals surface area contributed by atoms with Crippen molar-refractivity contribution < 1.29 is 8.78 Å². The van der Waals surface area contributed by atoms with E-state index in [1.165, 1.54) is 0 Å². The third-order valence-electron chi connectivity index (χ3n) is 1.57. The summed E-state index contributed by atoms with van der Waals surface area (Å²) in [7, 11) is 0. The Bertz CT molecular complexity index is 387. The van der Waals surface area contributed by atoms with Crippen molar-refractivity contribution in [2.45, 2.75) is 12.3 Å². The van der Waals surface area contributed by atoms with Crippen molar-refractivity contribution in [1.82, 2.24) is 4.98 Å². The molecule has 14 heavy (non-hydrogen) atoms. The second-order valence-corrected chi connectivity index (χ2v) is 3.05. The highest BCUT2D eigenvalue weighted by Gasteiger charge is 2.16. The normalized spacial score (nSPS) is 10.3. The van der Waals surface area contributed by atoms with E-state index in [1.54, 1.807) is 6.07 Å². The molecule has 1 rings (SSSR count). The van der Waals surface area contributed by atoms with E-state index < -0.39 is 12.0 Å². The van der Waals surface area contributed by atoms with Crippen LogP contribution in [0.5, 0.6) is 0 Å². The third kappa shape index (κ3) is 2.11. The van der Waals surface area contributed by atoms with Gasteiger partial charge in [0.15, 0.2) is 0 Å². The molecular weight excluding hydrogens is 233 g/mol. The summed E-state index contributed by atoms with van der Waals surface area (Å²) in [6, 6.07) is 2.83. The Kier molecular flexibility index (Phi) is 3.62. The number of halogens is 4. The fourth-order valence-electron chi connectivity index (χ4n) is 0.902. The van der Waals surface area contributed by atoms with Crippen LogP contribution in [0.3, 0.4) is 0 Å². The fourth-order valence-corrected chi connectivity index (χ4v) is 1.33. The molecule has 0 bridgehead atoms. The Morgan fingerprint density at radius 2 is 2.21 bits per heavy atom. The molecule has 2 nitrogen and oxygen atoms in total. The highest BCUT2D eigenvalue weighted by molar-refractivity contribution is 6.30. The highest BCUT2D eigenvalue weighted by atomic mass is 35.5. The van der Waals surface area contributed by atoms with Crippen LogP contribution in [0.25, 0.3) is 0 Å². The van der Waals surface area contributed by atoms with Crippen LogP contribution in [0.2, 0.25) is 5.15 Å².